The van der Waals surface area contributed by atoms with Crippen LogP contribution in [-0.4, -0.2) is 46.6 Å². The molecule has 7 nitrogen and oxygen atoms in total. The van der Waals surface area contributed by atoms with Crippen LogP contribution in [0.5, 0.6) is 5.75 Å². The van der Waals surface area contributed by atoms with E-state index in [2.05, 4.69) is 0 Å². The number of nitrogens with zero attached hydrogens (tertiary/aromatic N) is 2. The molecule has 2 fully saturated rings. The van der Waals surface area contributed by atoms with Gasteiger partial charge in [0.05, 0.1) is 11.0 Å². The Balaban J connectivity index is 1.81. The number of aromatic hydroxyl groups is 1. The van der Waals surface area contributed by atoms with E-state index in [9.17, 15) is 20.0 Å². The van der Waals surface area contributed by atoms with Crippen LogP contribution >= 0.6 is 0 Å². The first-order valence-electron chi connectivity index (χ1n) is 8.77. The highest BCUT2D eigenvalue weighted by molar-refractivity contribution is 5.95. The van der Waals surface area contributed by atoms with Crippen molar-refractivity contribution >= 4 is 11.6 Å². The number of phenolic OH excluding ortho intramolecular Hbond substituents is 1. The molecule has 1 aromatic carbocycles. The second kappa shape index (κ2) is 6.63. The van der Waals surface area contributed by atoms with Gasteiger partial charge in [-0.25, -0.2) is 0 Å². The average molecular weight is 348 g/mol. The van der Waals surface area contributed by atoms with Crippen LogP contribution in [0, 0.1) is 15.5 Å². The molecule has 1 amide bonds. The highest BCUT2D eigenvalue weighted by Gasteiger charge is 2.58. The molecule has 3 rings (SSSR count). The van der Waals surface area contributed by atoms with Gasteiger partial charge in [-0.2, -0.15) is 0 Å². The van der Waals surface area contributed by atoms with Crippen molar-refractivity contribution in [1.82, 2.24) is 4.90 Å². The maximum absolute atomic E-state index is 12.9. The van der Waals surface area contributed by atoms with Crippen LogP contribution in [0.3, 0.4) is 0 Å². The molecular weight excluding hydrogens is 324 g/mol. The summed E-state index contributed by atoms with van der Waals surface area (Å²) in [5, 5.41) is 20.6. The smallest absolute Gasteiger partial charge is 0.311 e. The molecule has 2 aliphatic rings. The van der Waals surface area contributed by atoms with E-state index in [0.717, 1.165) is 38.2 Å². The van der Waals surface area contributed by atoms with Crippen LogP contribution in [0.2, 0.25) is 0 Å². The summed E-state index contributed by atoms with van der Waals surface area (Å²) in [5.41, 5.74) is -0.209. The largest absolute Gasteiger partial charge is 0.502 e. The molecule has 0 aromatic heterocycles. The Kier molecular flexibility index (Phi) is 4.69. The maximum Gasteiger partial charge on any atom is 0.311 e. The topological polar surface area (TPSA) is 92.9 Å². The van der Waals surface area contributed by atoms with Gasteiger partial charge in [0.2, 0.25) is 0 Å². The lowest BCUT2D eigenvalue weighted by molar-refractivity contribution is -0.385. The Hall–Kier alpha value is -2.15. The Morgan fingerprint density at radius 2 is 2.12 bits per heavy atom. The second-order valence-electron chi connectivity index (χ2n) is 7.01. The number of phenols is 1. The Bertz CT molecular complexity index is 684. The Labute approximate surface area is 146 Å². The SMILES string of the molecule is CCO[C@H]1C[C@@H](N(C)C(=O)c2ccc(O)c([N+](=O)[O-])c2)C12CCCC2. The van der Waals surface area contributed by atoms with E-state index in [0.29, 0.717) is 6.61 Å². The molecule has 2 atom stereocenters. The van der Waals surface area contributed by atoms with Crippen LogP contribution in [0.15, 0.2) is 18.2 Å². The summed E-state index contributed by atoms with van der Waals surface area (Å²) in [7, 11) is 1.76. The van der Waals surface area contributed by atoms with Gasteiger partial charge in [0.15, 0.2) is 5.75 Å². The number of nitro groups is 1. The number of benzene rings is 1. The predicted octanol–water partition coefficient (Wildman–Crippen LogP) is 3.11. The Morgan fingerprint density at radius 3 is 2.72 bits per heavy atom. The molecule has 2 aliphatic carbocycles. The van der Waals surface area contributed by atoms with E-state index >= 15 is 0 Å². The zero-order chi connectivity index (χ0) is 18.2. The van der Waals surface area contributed by atoms with Gasteiger partial charge in [0.1, 0.15) is 0 Å². The molecule has 0 aliphatic heterocycles. The fourth-order valence-electron chi connectivity index (χ4n) is 4.54. The summed E-state index contributed by atoms with van der Waals surface area (Å²) < 4.78 is 5.89. The number of ether oxygens (including phenoxy) is 1. The molecule has 0 unspecified atom stereocenters. The molecule has 0 bridgehead atoms. The van der Waals surface area contributed by atoms with Crippen LogP contribution in [0.1, 0.15) is 49.4 Å². The third-order valence-corrected chi connectivity index (χ3v) is 5.85. The zero-order valence-electron chi connectivity index (χ0n) is 14.6. The van der Waals surface area contributed by atoms with Gasteiger partial charge < -0.3 is 14.7 Å². The standard InChI is InChI=1S/C18H24N2O5/c1-3-25-16-11-15(18(16)8-4-5-9-18)19(2)17(22)12-6-7-14(21)13(10-12)20(23)24/h6-7,10,15-16,21H,3-5,8-9,11H2,1-2H3/t15-,16+/m1/s1. The van der Waals surface area contributed by atoms with E-state index in [1.165, 1.54) is 12.1 Å². The minimum absolute atomic E-state index is 0.0171. The van der Waals surface area contributed by atoms with Gasteiger partial charge in [0.25, 0.3) is 5.91 Å². The van der Waals surface area contributed by atoms with Crippen LogP contribution in [0.25, 0.3) is 0 Å². The first kappa shape index (κ1) is 17.7. The van der Waals surface area contributed by atoms with Crippen molar-refractivity contribution in [2.45, 2.75) is 51.2 Å². The van der Waals surface area contributed by atoms with Gasteiger partial charge in [-0.3, -0.25) is 14.9 Å². The lowest BCUT2D eigenvalue weighted by Gasteiger charge is -2.57. The van der Waals surface area contributed by atoms with Gasteiger partial charge in [-0.05, 0) is 38.3 Å². The maximum atomic E-state index is 12.9. The molecule has 1 N–H and O–H groups in total. The minimum atomic E-state index is -0.682. The summed E-state index contributed by atoms with van der Waals surface area (Å²) in [5.74, 6) is -0.689. The van der Waals surface area contributed by atoms with Crippen LogP contribution in [-0.2, 0) is 4.74 Å². The number of nitro benzene ring substituents is 1. The molecule has 136 valence electrons. The van der Waals surface area contributed by atoms with E-state index < -0.39 is 16.4 Å². The lowest BCUT2D eigenvalue weighted by Crippen LogP contribution is -2.64. The van der Waals surface area contributed by atoms with Crippen molar-refractivity contribution in [2.75, 3.05) is 13.7 Å². The van der Waals surface area contributed by atoms with E-state index in [1.807, 2.05) is 6.92 Å². The zero-order valence-corrected chi connectivity index (χ0v) is 14.6. The minimum Gasteiger partial charge on any atom is -0.502 e. The monoisotopic (exact) mass is 348 g/mol. The highest BCUT2D eigenvalue weighted by Crippen LogP contribution is 2.56. The molecule has 0 radical (unpaired) electrons. The summed E-state index contributed by atoms with van der Waals surface area (Å²) in [4.78, 5) is 24.9. The second-order valence-corrected chi connectivity index (χ2v) is 7.01. The van der Waals surface area contributed by atoms with Crippen molar-refractivity contribution in [3.63, 3.8) is 0 Å². The Morgan fingerprint density at radius 1 is 1.44 bits per heavy atom. The molecular formula is C18H24N2O5. The highest BCUT2D eigenvalue weighted by atomic mass is 16.6. The number of carbonyl (C=O) groups excluding carboxylic acids is 1. The summed E-state index contributed by atoms with van der Waals surface area (Å²) >= 11 is 0. The number of hydrogen-bond acceptors (Lipinski definition) is 5. The summed E-state index contributed by atoms with van der Waals surface area (Å²) in [6.45, 7) is 2.65. The first-order chi connectivity index (χ1) is 11.9. The first-order valence-corrected chi connectivity index (χ1v) is 8.77. The van der Waals surface area contributed by atoms with Crippen molar-refractivity contribution in [3.8, 4) is 5.75 Å². The summed E-state index contributed by atoms with van der Waals surface area (Å²) in [6, 6.07) is 3.87. The molecule has 0 saturated heterocycles. The normalized spacial score (nSPS) is 24.1. The summed E-state index contributed by atoms with van der Waals surface area (Å²) in [6.07, 6.45) is 5.38. The van der Waals surface area contributed by atoms with E-state index in [1.54, 1.807) is 11.9 Å². The lowest BCUT2D eigenvalue weighted by atomic mass is 9.60. The third kappa shape index (κ3) is 2.86. The van der Waals surface area contributed by atoms with Gasteiger partial charge in [-0.15, -0.1) is 0 Å². The fraction of sp³-hybridized carbons (Fsp3) is 0.611. The predicted molar refractivity (Wildman–Crippen MR) is 91.6 cm³/mol. The van der Waals surface area contributed by atoms with Crippen molar-refractivity contribution in [1.29, 1.82) is 0 Å². The molecule has 25 heavy (non-hydrogen) atoms. The van der Waals surface area contributed by atoms with Crippen molar-refractivity contribution in [2.24, 2.45) is 5.41 Å². The molecule has 1 spiro atoms. The molecule has 1 aromatic rings. The molecule has 7 heteroatoms. The van der Waals surface area contributed by atoms with Crippen molar-refractivity contribution < 1.29 is 19.6 Å². The van der Waals surface area contributed by atoms with E-state index in [-0.39, 0.29) is 29.0 Å². The third-order valence-electron chi connectivity index (χ3n) is 5.85. The van der Waals surface area contributed by atoms with E-state index in [4.69, 9.17) is 4.74 Å². The van der Waals surface area contributed by atoms with Crippen LogP contribution in [0.4, 0.5) is 5.69 Å². The van der Waals surface area contributed by atoms with Gasteiger partial charge >= 0.3 is 5.69 Å². The van der Waals surface area contributed by atoms with Gasteiger partial charge in [-0.1, -0.05) is 12.8 Å². The van der Waals surface area contributed by atoms with Crippen LogP contribution < -0.4 is 0 Å². The quantitative estimate of drug-likeness (QED) is 0.652. The van der Waals surface area contributed by atoms with Crippen molar-refractivity contribution in [3.05, 3.63) is 33.9 Å². The number of amides is 1. The van der Waals surface area contributed by atoms with Gasteiger partial charge in [0, 0.05) is 36.7 Å². The molecule has 0 heterocycles. The number of rotatable bonds is 5. The number of hydrogen-bond donors (Lipinski definition) is 1. The molecule has 2 saturated carbocycles. The fourth-order valence-corrected chi connectivity index (χ4v) is 4.54. The number of carbonyl (C=O) groups is 1. The average Bonchev–Trinajstić information content (AvgIpc) is 3.10.